The molecule has 0 fully saturated rings. The second-order valence-corrected chi connectivity index (χ2v) is 17.8. The zero-order chi connectivity index (χ0) is 51.5. The number of esters is 1. The second kappa shape index (κ2) is 27.1. The molecule has 0 radical (unpaired) electrons. The SMILES string of the molecule is COC(=O)c1cccc(OCCCN(Cc2cccc(C(F)(F)F)c2Cl)CC(c2ccccc2)c2ccccc2)c1.OCCCN(Cc1cccc(C(F)(F)F)c1Cl)CC(c1ccccc1)c1ccccc1. The quantitative estimate of drug-likeness (QED) is 0.0440. The number of halogens is 8. The smallest absolute Gasteiger partial charge is 0.417 e. The molecule has 0 aliphatic rings. The van der Waals surface area contributed by atoms with Crippen molar-refractivity contribution in [3.05, 3.63) is 242 Å². The molecular formula is C58H56Cl2F6N2O4. The van der Waals surface area contributed by atoms with E-state index in [1.807, 2.05) is 72.8 Å². The standard InChI is InChI=1S/C33H31ClF3NO3.C25H25ClF3NO/c1-40-32(39)26-15-8-17-28(21-26)41-20-10-19-38(22-27-16-9-18-30(31(27)34)33(35,36)37)23-29(24-11-4-2-5-12-24)25-13-6-3-7-14-25;26-24-21(13-7-14-23(24)25(27,28)29)17-30(15-8-16-31)18-22(19-9-3-1-4-10-19)20-11-5-2-6-12-20/h2-9,11-18,21,29H,10,19-20,22-23H2,1H3;1-7,9-14,22,31H,8,15-18H2. The molecule has 7 aromatic rings. The molecule has 7 aromatic carbocycles. The molecule has 0 saturated heterocycles. The first-order chi connectivity index (χ1) is 34.7. The van der Waals surface area contributed by atoms with Crippen molar-refractivity contribution < 1.29 is 45.7 Å². The molecular weight excluding hydrogens is 974 g/mol. The van der Waals surface area contributed by atoms with Gasteiger partial charge in [-0.15, -0.1) is 0 Å². The number of methoxy groups -OCH3 is 1. The molecule has 7 rings (SSSR count). The Labute approximate surface area is 427 Å². The lowest BCUT2D eigenvalue weighted by Crippen LogP contribution is -2.31. The number of aliphatic hydroxyl groups is 1. The van der Waals surface area contributed by atoms with Crippen LogP contribution in [0.5, 0.6) is 5.75 Å². The summed E-state index contributed by atoms with van der Waals surface area (Å²) in [4.78, 5) is 16.0. The Morgan fingerprint density at radius 3 is 1.31 bits per heavy atom. The fraction of sp³-hybridized carbons (Fsp3) is 0.259. The van der Waals surface area contributed by atoms with Gasteiger partial charge in [0, 0.05) is 57.7 Å². The first-order valence-electron chi connectivity index (χ1n) is 23.4. The Balaban J connectivity index is 0.000000245. The Morgan fingerprint density at radius 1 is 0.542 bits per heavy atom. The summed E-state index contributed by atoms with van der Waals surface area (Å²) in [5, 5.41) is 8.81. The number of ether oxygens (including phenoxy) is 2. The summed E-state index contributed by atoms with van der Waals surface area (Å²) in [6.45, 7) is 3.07. The molecule has 6 nitrogen and oxygen atoms in total. The molecule has 0 atom stereocenters. The van der Waals surface area contributed by atoms with Gasteiger partial charge in [0.05, 0.1) is 40.5 Å². The summed E-state index contributed by atoms with van der Waals surface area (Å²) < 4.78 is 91.3. The van der Waals surface area contributed by atoms with Gasteiger partial charge in [0.2, 0.25) is 0 Å². The van der Waals surface area contributed by atoms with E-state index in [9.17, 15) is 36.2 Å². The highest BCUT2D eigenvalue weighted by Gasteiger charge is 2.35. The number of carbonyl (C=O) groups excluding carboxylic acids is 1. The van der Waals surface area contributed by atoms with E-state index in [0.717, 1.165) is 34.4 Å². The summed E-state index contributed by atoms with van der Waals surface area (Å²) in [6.07, 6.45) is -7.93. The lowest BCUT2D eigenvalue weighted by molar-refractivity contribution is -0.138. The van der Waals surface area contributed by atoms with Crippen molar-refractivity contribution in [2.24, 2.45) is 0 Å². The van der Waals surface area contributed by atoms with Gasteiger partial charge in [-0.1, -0.05) is 175 Å². The molecule has 378 valence electrons. The molecule has 0 aromatic heterocycles. The molecule has 0 spiro atoms. The molecule has 0 amide bonds. The van der Waals surface area contributed by atoms with Crippen molar-refractivity contribution in [3.8, 4) is 5.75 Å². The van der Waals surface area contributed by atoms with Crippen LogP contribution < -0.4 is 4.74 Å². The Kier molecular flexibility index (Phi) is 20.7. The highest BCUT2D eigenvalue weighted by atomic mass is 35.5. The first-order valence-corrected chi connectivity index (χ1v) is 24.2. The number of aliphatic hydroxyl groups excluding tert-OH is 1. The number of nitrogens with zero attached hydrogens (tertiary/aromatic N) is 2. The van der Waals surface area contributed by atoms with Gasteiger partial charge in [0.25, 0.3) is 0 Å². The van der Waals surface area contributed by atoms with Gasteiger partial charge >= 0.3 is 18.3 Å². The van der Waals surface area contributed by atoms with E-state index in [1.165, 1.54) is 19.2 Å². The van der Waals surface area contributed by atoms with E-state index in [4.69, 9.17) is 32.7 Å². The predicted octanol–water partition coefficient (Wildman–Crippen LogP) is 14.6. The number of rotatable bonds is 21. The van der Waals surface area contributed by atoms with Crippen LogP contribution in [0.4, 0.5) is 26.3 Å². The maximum absolute atomic E-state index is 13.6. The molecule has 1 N–H and O–H groups in total. The van der Waals surface area contributed by atoms with E-state index >= 15 is 0 Å². The van der Waals surface area contributed by atoms with Crippen molar-refractivity contribution in [2.75, 3.05) is 46.5 Å². The van der Waals surface area contributed by atoms with Crippen LogP contribution >= 0.6 is 23.2 Å². The van der Waals surface area contributed by atoms with Gasteiger partial charge in [0.15, 0.2) is 0 Å². The normalized spacial score (nSPS) is 11.8. The molecule has 14 heteroatoms. The van der Waals surface area contributed by atoms with Crippen LogP contribution in [0, 0.1) is 0 Å². The van der Waals surface area contributed by atoms with Crippen molar-refractivity contribution in [1.29, 1.82) is 0 Å². The number of carbonyl (C=O) groups is 1. The van der Waals surface area contributed by atoms with E-state index in [2.05, 4.69) is 58.3 Å². The number of benzene rings is 7. The summed E-state index contributed by atoms with van der Waals surface area (Å²) in [5.74, 6) is 0.101. The maximum Gasteiger partial charge on any atom is 0.417 e. The summed E-state index contributed by atoms with van der Waals surface area (Å²) in [7, 11) is 1.32. The lowest BCUT2D eigenvalue weighted by Gasteiger charge is -2.29. The third-order valence-electron chi connectivity index (χ3n) is 12.0. The van der Waals surface area contributed by atoms with E-state index in [-0.39, 0.29) is 41.6 Å². The minimum absolute atomic E-state index is 0.00810. The van der Waals surface area contributed by atoms with Crippen LogP contribution in [0.3, 0.4) is 0 Å². The van der Waals surface area contributed by atoms with Gasteiger partial charge < -0.3 is 14.6 Å². The number of hydrogen-bond acceptors (Lipinski definition) is 6. The summed E-state index contributed by atoms with van der Waals surface area (Å²) in [6, 6.07) is 54.9. The summed E-state index contributed by atoms with van der Waals surface area (Å²) >= 11 is 12.4. The molecule has 72 heavy (non-hydrogen) atoms. The van der Waals surface area contributed by atoms with E-state index in [0.29, 0.717) is 68.1 Å². The van der Waals surface area contributed by atoms with Gasteiger partial charge in [-0.3, -0.25) is 9.80 Å². The average Bonchev–Trinajstić information content (AvgIpc) is 3.39. The van der Waals surface area contributed by atoms with Crippen LogP contribution in [-0.4, -0.2) is 67.4 Å². The highest BCUT2D eigenvalue weighted by Crippen LogP contribution is 2.39. The Hall–Kier alpha value is -6.15. The predicted molar refractivity (Wildman–Crippen MR) is 273 cm³/mol. The third-order valence-corrected chi connectivity index (χ3v) is 12.9. The maximum atomic E-state index is 13.6. The van der Waals surface area contributed by atoms with Gasteiger partial charge in [-0.25, -0.2) is 4.79 Å². The van der Waals surface area contributed by atoms with Crippen LogP contribution in [-0.2, 0) is 30.2 Å². The fourth-order valence-corrected chi connectivity index (χ4v) is 9.05. The largest absolute Gasteiger partial charge is 0.494 e. The first kappa shape index (κ1) is 55.2. The summed E-state index contributed by atoms with van der Waals surface area (Å²) in [5.41, 5.74) is 4.02. The van der Waals surface area contributed by atoms with E-state index < -0.39 is 29.4 Å². The van der Waals surface area contributed by atoms with Crippen molar-refractivity contribution >= 4 is 29.2 Å². The molecule has 0 saturated carbocycles. The van der Waals surface area contributed by atoms with Crippen LogP contribution in [0.15, 0.2) is 182 Å². The van der Waals surface area contributed by atoms with Gasteiger partial charge in [0.1, 0.15) is 5.75 Å². The molecule has 0 heterocycles. The molecule has 0 unspecified atom stereocenters. The molecule has 0 bridgehead atoms. The average molecular weight is 1030 g/mol. The van der Waals surface area contributed by atoms with Crippen LogP contribution in [0.25, 0.3) is 0 Å². The minimum Gasteiger partial charge on any atom is -0.494 e. The van der Waals surface area contributed by atoms with Gasteiger partial charge in [-0.05, 0) is 76.6 Å². The van der Waals surface area contributed by atoms with E-state index in [1.54, 1.807) is 36.4 Å². The Bertz CT molecular complexity index is 2650. The van der Waals surface area contributed by atoms with Crippen LogP contribution in [0.1, 0.15) is 79.5 Å². The lowest BCUT2D eigenvalue weighted by atomic mass is 9.90. The zero-order valence-corrected chi connectivity index (χ0v) is 41.1. The van der Waals surface area contributed by atoms with Crippen molar-refractivity contribution in [3.63, 3.8) is 0 Å². The zero-order valence-electron chi connectivity index (χ0n) is 39.6. The monoisotopic (exact) mass is 1030 g/mol. The third kappa shape index (κ3) is 16.2. The van der Waals surface area contributed by atoms with Gasteiger partial charge in [-0.2, -0.15) is 26.3 Å². The van der Waals surface area contributed by atoms with Crippen LogP contribution in [0.2, 0.25) is 10.0 Å². The highest BCUT2D eigenvalue weighted by molar-refractivity contribution is 6.32. The molecule has 0 aliphatic carbocycles. The fourth-order valence-electron chi connectivity index (χ4n) is 8.46. The topological polar surface area (TPSA) is 62.2 Å². The van der Waals surface area contributed by atoms with Crippen molar-refractivity contribution in [1.82, 2.24) is 9.80 Å². The number of alkyl halides is 6. The minimum atomic E-state index is -4.54. The molecule has 0 aliphatic heterocycles. The second-order valence-electron chi connectivity index (χ2n) is 17.1. The van der Waals surface area contributed by atoms with Crippen molar-refractivity contribution in [2.45, 2.75) is 50.1 Å². The number of hydrogen-bond donors (Lipinski definition) is 1. The Morgan fingerprint density at radius 2 is 0.931 bits per heavy atom.